The van der Waals surface area contributed by atoms with Gasteiger partial charge in [-0.3, -0.25) is 4.98 Å². The Morgan fingerprint density at radius 2 is 1.94 bits per heavy atom. The van der Waals surface area contributed by atoms with Crippen LogP contribution in [-0.2, 0) is 6.42 Å². The maximum absolute atomic E-state index is 13.3. The van der Waals surface area contributed by atoms with Crippen LogP contribution in [-0.4, -0.2) is 4.98 Å². The van der Waals surface area contributed by atoms with Crippen LogP contribution in [0.15, 0.2) is 36.7 Å². The summed E-state index contributed by atoms with van der Waals surface area (Å²) in [6.07, 6.45) is 3.71. The summed E-state index contributed by atoms with van der Waals surface area (Å²) in [5.41, 5.74) is 1.55. The standard InChI is InChI=1S/C13H9Cl3FN/c14-10-2-1-8(6-13(10)17)11(15)5-9-3-4-18-7-12(9)16/h1-4,6-7,11H,5H2. The molecule has 18 heavy (non-hydrogen) atoms. The fraction of sp³-hybridized carbons (Fsp3) is 0.154. The Balaban J connectivity index is 2.19. The minimum atomic E-state index is -0.472. The predicted octanol–water partition coefficient (Wildman–Crippen LogP) is 5.05. The molecule has 0 saturated carbocycles. The molecule has 0 fully saturated rings. The van der Waals surface area contributed by atoms with Crippen molar-refractivity contribution in [2.75, 3.05) is 0 Å². The van der Waals surface area contributed by atoms with Gasteiger partial charge in [0.25, 0.3) is 0 Å². The number of nitrogens with zero attached hydrogens (tertiary/aromatic N) is 1. The predicted molar refractivity (Wildman–Crippen MR) is 73.0 cm³/mol. The van der Waals surface area contributed by atoms with Crippen molar-refractivity contribution in [2.45, 2.75) is 11.8 Å². The minimum Gasteiger partial charge on any atom is -0.263 e. The zero-order valence-corrected chi connectivity index (χ0v) is 11.5. The van der Waals surface area contributed by atoms with Crippen LogP contribution in [0.5, 0.6) is 0 Å². The van der Waals surface area contributed by atoms with E-state index in [1.54, 1.807) is 24.5 Å². The van der Waals surface area contributed by atoms with E-state index in [0.29, 0.717) is 17.0 Å². The summed E-state index contributed by atoms with van der Waals surface area (Å²) in [5.74, 6) is -0.472. The fourth-order valence-electron chi connectivity index (χ4n) is 1.59. The first-order valence-electron chi connectivity index (χ1n) is 5.25. The van der Waals surface area contributed by atoms with Crippen LogP contribution in [0.2, 0.25) is 10.0 Å². The third kappa shape index (κ3) is 3.14. The van der Waals surface area contributed by atoms with Gasteiger partial charge < -0.3 is 0 Å². The number of hydrogen-bond acceptors (Lipinski definition) is 1. The summed E-state index contributed by atoms with van der Waals surface area (Å²) in [4.78, 5) is 3.90. The molecule has 1 atom stereocenters. The molecule has 0 bridgehead atoms. The van der Waals surface area contributed by atoms with E-state index in [-0.39, 0.29) is 10.4 Å². The first-order chi connectivity index (χ1) is 8.58. The highest BCUT2D eigenvalue weighted by molar-refractivity contribution is 6.31. The number of aromatic nitrogens is 1. The summed E-state index contributed by atoms with van der Waals surface area (Å²) in [6, 6.07) is 6.34. The average molecular weight is 305 g/mol. The third-order valence-corrected chi connectivity index (χ3v) is 3.61. The van der Waals surface area contributed by atoms with Crippen molar-refractivity contribution in [3.63, 3.8) is 0 Å². The molecule has 0 spiro atoms. The molecule has 0 saturated heterocycles. The third-order valence-electron chi connectivity index (χ3n) is 2.56. The van der Waals surface area contributed by atoms with Gasteiger partial charge in [-0.2, -0.15) is 0 Å². The SMILES string of the molecule is Fc1cc(C(Cl)Cc2ccncc2Cl)ccc1Cl. The average Bonchev–Trinajstić information content (AvgIpc) is 2.35. The molecular weight excluding hydrogens is 296 g/mol. The Morgan fingerprint density at radius 1 is 1.17 bits per heavy atom. The molecule has 0 radical (unpaired) electrons. The molecule has 0 aliphatic heterocycles. The van der Waals surface area contributed by atoms with Gasteiger partial charge in [0.1, 0.15) is 5.82 Å². The highest BCUT2D eigenvalue weighted by atomic mass is 35.5. The van der Waals surface area contributed by atoms with Crippen molar-refractivity contribution in [1.29, 1.82) is 0 Å². The van der Waals surface area contributed by atoms with E-state index in [1.165, 1.54) is 12.1 Å². The number of pyridine rings is 1. The van der Waals surface area contributed by atoms with Crippen molar-refractivity contribution >= 4 is 34.8 Å². The maximum atomic E-state index is 13.3. The monoisotopic (exact) mass is 303 g/mol. The number of alkyl halides is 1. The highest BCUT2D eigenvalue weighted by Crippen LogP contribution is 2.29. The van der Waals surface area contributed by atoms with Crippen LogP contribution in [0.3, 0.4) is 0 Å². The van der Waals surface area contributed by atoms with Crippen LogP contribution in [0.25, 0.3) is 0 Å². The number of hydrogen-bond donors (Lipinski definition) is 0. The lowest BCUT2D eigenvalue weighted by Gasteiger charge is -2.11. The van der Waals surface area contributed by atoms with Gasteiger partial charge in [0.05, 0.1) is 15.4 Å². The molecule has 1 heterocycles. The van der Waals surface area contributed by atoms with Crippen LogP contribution < -0.4 is 0 Å². The second-order valence-electron chi connectivity index (χ2n) is 3.81. The molecule has 0 aliphatic carbocycles. The number of rotatable bonds is 3. The molecule has 2 aromatic rings. The maximum Gasteiger partial charge on any atom is 0.142 e. The lowest BCUT2D eigenvalue weighted by atomic mass is 10.0. The number of benzene rings is 1. The van der Waals surface area contributed by atoms with Gasteiger partial charge in [0.2, 0.25) is 0 Å². The molecule has 1 aromatic heterocycles. The lowest BCUT2D eigenvalue weighted by Crippen LogP contribution is -1.98. The van der Waals surface area contributed by atoms with E-state index in [0.717, 1.165) is 5.56 Å². The Kier molecular flexibility index (Phi) is 4.44. The van der Waals surface area contributed by atoms with Gasteiger partial charge in [0.15, 0.2) is 0 Å². The molecular formula is C13H9Cl3FN. The summed E-state index contributed by atoms with van der Waals surface area (Å²) in [6.45, 7) is 0. The van der Waals surface area contributed by atoms with E-state index in [4.69, 9.17) is 34.8 Å². The second kappa shape index (κ2) is 5.87. The molecule has 1 aromatic carbocycles. The van der Waals surface area contributed by atoms with Gasteiger partial charge in [-0.25, -0.2) is 4.39 Å². The molecule has 1 unspecified atom stereocenters. The van der Waals surface area contributed by atoms with Crippen LogP contribution in [0, 0.1) is 5.82 Å². The van der Waals surface area contributed by atoms with Gasteiger partial charge in [-0.1, -0.05) is 29.3 Å². The molecule has 1 nitrogen and oxygen atoms in total. The van der Waals surface area contributed by atoms with E-state index in [9.17, 15) is 4.39 Å². The largest absolute Gasteiger partial charge is 0.263 e. The molecule has 2 rings (SSSR count). The van der Waals surface area contributed by atoms with E-state index in [2.05, 4.69) is 4.98 Å². The van der Waals surface area contributed by atoms with Gasteiger partial charge in [0, 0.05) is 12.4 Å². The normalized spacial score (nSPS) is 12.4. The van der Waals surface area contributed by atoms with Gasteiger partial charge >= 0.3 is 0 Å². The summed E-state index contributed by atoms with van der Waals surface area (Å²) in [7, 11) is 0. The van der Waals surface area contributed by atoms with E-state index >= 15 is 0 Å². The Bertz CT molecular complexity index is 560. The molecule has 0 N–H and O–H groups in total. The first-order valence-corrected chi connectivity index (χ1v) is 6.44. The lowest BCUT2D eigenvalue weighted by molar-refractivity contribution is 0.625. The smallest absolute Gasteiger partial charge is 0.142 e. The highest BCUT2D eigenvalue weighted by Gasteiger charge is 2.13. The molecule has 5 heteroatoms. The molecule has 0 amide bonds. The summed E-state index contributed by atoms with van der Waals surface area (Å²) < 4.78 is 13.3. The summed E-state index contributed by atoms with van der Waals surface area (Å²) >= 11 is 17.9. The fourth-order valence-corrected chi connectivity index (χ4v) is 2.20. The minimum absolute atomic E-state index is 0.0876. The Labute approximate surface area is 120 Å². The van der Waals surface area contributed by atoms with Crippen LogP contribution in [0.4, 0.5) is 4.39 Å². The van der Waals surface area contributed by atoms with Crippen molar-refractivity contribution in [3.05, 3.63) is 63.6 Å². The molecule has 0 aliphatic rings. The van der Waals surface area contributed by atoms with Gasteiger partial charge in [-0.05, 0) is 35.7 Å². The quantitative estimate of drug-likeness (QED) is 0.723. The van der Waals surface area contributed by atoms with Crippen molar-refractivity contribution in [2.24, 2.45) is 0 Å². The Hall–Kier alpha value is -0.830. The zero-order chi connectivity index (χ0) is 13.1. The summed E-state index contributed by atoms with van der Waals surface area (Å²) in [5, 5.41) is 0.277. The van der Waals surface area contributed by atoms with Crippen LogP contribution >= 0.6 is 34.8 Å². The Morgan fingerprint density at radius 3 is 2.61 bits per heavy atom. The van der Waals surface area contributed by atoms with Crippen molar-refractivity contribution < 1.29 is 4.39 Å². The first kappa shape index (κ1) is 13.6. The van der Waals surface area contributed by atoms with E-state index < -0.39 is 5.82 Å². The number of halogens is 4. The van der Waals surface area contributed by atoms with E-state index in [1.807, 2.05) is 0 Å². The second-order valence-corrected chi connectivity index (χ2v) is 5.15. The zero-order valence-electron chi connectivity index (χ0n) is 9.21. The van der Waals surface area contributed by atoms with Crippen molar-refractivity contribution in [3.8, 4) is 0 Å². The molecule has 94 valence electrons. The van der Waals surface area contributed by atoms with Crippen molar-refractivity contribution in [1.82, 2.24) is 4.98 Å². The topological polar surface area (TPSA) is 12.9 Å². The van der Waals surface area contributed by atoms with Crippen LogP contribution in [0.1, 0.15) is 16.5 Å². The van der Waals surface area contributed by atoms with Gasteiger partial charge in [-0.15, -0.1) is 11.6 Å².